The summed E-state index contributed by atoms with van der Waals surface area (Å²) in [6.45, 7) is 7.13. The Morgan fingerprint density at radius 1 is 0.675 bits per heavy atom. The number of aldehydes is 1. The summed E-state index contributed by atoms with van der Waals surface area (Å²) in [5.41, 5.74) is 0. The van der Waals surface area contributed by atoms with Gasteiger partial charge in [-0.25, -0.2) is 0 Å². The Kier molecular flexibility index (Phi) is 18.0. The molecule has 2 fully saturated rings. The molecule has 13 heteroatoms. The molecule has 0 aromatic carbocycles. The monoisotopic (exact) mass is 571 g/mol. The predicted octanol–water partition coefficient (Wildman–Crippen LogP) is -0.000400. The number of carbonyl (C=O) groups is 5. The van der Waals surface area contributed by atoms with Gasteiger partial charge in [0.05, 0.1) is 26.2 Å². The van der Waals surface area contributed by atoms with Crippen LogP contribution < -0.4 is 5.32 Å². The van der Waals surface area contributed by atoms with Gasteiger partial charge >= 0.3 is 17.9 Å². The lowest BCUT2D eigenvalue weighted by atomic mass is 9.89. The maximum atomic E-state index is 12.7. The van der Waals surface area contributed by atoms with Gasteiger partial charge in [-0.15, -0.1) is 0 Å². The maximum Gasteiger partial charge on any atom is 0.317 e. The number of nitrogens with one attached hydrogen (secondary N) is 1. The molecule has 2 aliphatic rings. The lowest BCUT2D eigenvalue weighted by Gasteiger charge is -2.33. The number of nitrogens with zero attached hydrogens (tertiary/aromatic N) is 4. The van der Waals surface area contributed by atoms with E-state index < -0.39 is 17.9 Å². The molecule has 0 unspecified atom stereocenters. The molecule has 1 heterocycles. The number of hydrogen-bond donors (Lipinski definition) is 4. The molecule has 0 atom stereocenters. The largest absolute Gasteiger partial charge is 0.480 e. The molecule has 0 bridgehead atoms. The van der Waals surface area contributed by atoms with Crippen molar-refractivity contribution in [3.05, 3.63) is 0 Å². The molecule has 0 spiro atoms. The van der Waals surface area contributed by atoms with Crippen LogP contribution in [0.25, 0.3) is 0 Å². The normalized spacial score (nSPS) is 19.5. The van der Waals surface area contributed by atoms with E-state index in [-0.39, 0.29) is 38.0 Å². The van der Waals surface area contributed by atoms with Gasteiger partial charge in [-0.2, -0.15) is 0 Å². The summed E-state index contributed by atoms with van der Waals surface area (Å²) >= 11 is 0. The Morgan fingerprint density at radius 2 is 1.00 bits per heavy atom. The summed E-state index contributed by atoms with van der Waals surface area (Å²) in [5.74, 6) is -2.28. The van der Waals surface area contributed by atoms with E-state index in [1.54, 1.807) is 14.7 Å². The van der Waals surface area contributed by atoms with Gasteiger partial charge in [0.25, 0.3) is 0 Å². The van der Waals surface area contributed by atoms with E-state index in [2.05, 4.69) is 5.32 Å². The summed E-state index contributed by atoms with van der Waals surface area (Å²) in [4.78, 5) is 63.3. The van der Waals surface area contributed by atoms with Gasteiger partial charge < -0.3 is 25.4 Å². The molecule has 230 valence electrons. The molecular formula is C27H49N5O8. The van der Waals surface area contributed by atoms with Gasteiger partial charge in [-0.05, 0) is 18.8 Å². The van der Waals surface area contributed by atoms with Crippen LogP contribution in [-0.4, -0.2) is 150 Å². The zero-order valence-electron chi connectivity index (χ0n) is 24.1. The van der Waals surface area contributed by atoms with Gasteiger partial charge in [0.2, 0.25) is 5.91 Å². The second kappa shape index (κ2) is 20.3. The molecular weight excluding hydrogens is 522 g/mol. The van der Waals surface area contributed by atoms with E-state index in [1.807, 2.05) is 18.7 Å². The molecule has 1 amide bonds. The fraction of sp³-hybridized carbons (Fsp3) is 0.815. The van der Waals surface area contributed by atoms with Crippen molar-refractivity contribution in [3.63, 3.8) is 0 Å². The van der Waals surface area contributed by atoms with Crippen LogP contribution in [0.2, 0.25) is 0 Å². The third-order valence-corrected chi connectivity index (χ3v) is 6.96. The number of carboxylic acid groups (broad SMARTS) is 3. The van der Waals surface area contributed by atoms with E-state index in [0.29, 0.717) is 64.8 Å². The summed E-state index contributed by atoms with van der Waals surface area (Å²) in [6, 6.07) is 0. The van der Waals surface area contributed by atoms with Crippen molar-refractivity contribution in [1.29, 1.82) is 0 Å². The van der Waals surface area contributed by atoms with Crippen LogP contribution >= 0.6 is 0 Å². The van der Waals surface area contributed by atoms with Crippen molar-refractivity contribution in [2.45, 2.75) is 46.0 Å². The lowest BCUT2D eigenvalue weighted by Crippen LogP contribution is -2.50. The first-order valence-corrected chi connectivity index (χ1v) is 14.2. The molecule has 1 aliphatic heterocycles. The van der Waals surface area contributed by atoms with Gasteiger partial charge in [0, 0.05) is 64.8 Å². The zero-order valence-corrected chi connectivity index (χ0v) is 24.1. The maximum absolute atomic E-state index is 12.7. The number of rotatable bonds is 11. The van der Waals surface area contributed by atoms with E-state index >= 15 is 0 Å². The van der Waals surface area contributed by atoms with Crippen molar-refractivity contribution in [1.82, 2.24) is 24.9 Å². The van der Waals surface area contributed by atoms with Crippen molar-refractivity contribution in [2.24, 2.45) is 11.8 Å². The van der Waals surface area contributed by atoms with Gasteiger partial charge in [0.15, 0.2) is 0 Å². The number of hydrogen-bond acceptors (Lipinski definition) is 9. The minimum Gasteiger partial charge on any atom is -0.480 e. The minimum absolute atomic E-state index is 0.0788. The Bertz CT molecular complexity index is 759. The molecule has 1 saturated heterocycles. The number of aliphatic carboxylic acids is 3. The zero-order chi connectivity index (χ0) is 29.9. The first-order chi connectivity index (χ1) is 19.0. The van der Waals surface area contributed by atoms with Crippen LogP contribution in [-0.2, 0) is 24.0 Å². The SMILES string of the molecule is CC(C)C=O.O=C(O)CN1CCN(CC(=O)O)CCN(CC(=O)NCC2CCCCC2)CCN(CC(=O)O)CC1. The van der Waals surface area contributed by atoms with Crippen LogP contribution in [0, 0.1) is 11.8 Å². The van der Waals surface area contributed by atoms with Gasteiger partial charge in [-0.1, -0.05) is 33.1 Å². The van der Waals surface area contributed by atoms with Crippen molar-refractivity contribution < 1.29 is 39.3 Å². The Morgan fingerprint density at radius 3 is 1.30 bits per heavy atom. The van der Waals surface area contributed by atoms with E-state index in [0.717, 1.165) is 19.1 Å². The molecule has 4 N–H and O–H groups in total. The Balaban J connectivity index is 0.00000146. The van der Waals surface area contributed by atoms with Crippen LogP contribution in [0.3, 0.4) is 0 Å². The number of carbonyl (C=O) groups excluding carboxylic acids is 2. The third-order valence-electron chi connectivity index (χ3n) is 6.96. The van der Waals surface area contributed by atoms with Crippen molar-refractivity contribution in [3.8, 4) is 0 Å². The van der Waals surface area contributed by atoms with Crippen molar-refractivity contribution >= 4 is 30.1 Å². The topological polar surface area (TPSA) is 171 Å². The summed E-state index contributed by atoms with van der Waals surface area (Å²) in [6.07, 6.45) is 6.85. The summed E-state index contributed by atoms with van der Waals surface area (Å²) in [5, 5.41) is 30.9. The van der Waals surface area contributed by atoms with Crippen LogP contribution in [0.15, 0.2) is 0 Å². The highest BCUT2D eigenvalue weighted by Gasteiger charge is 2.21. The molecule has 40 heavy (non-hydrogen) atoms. The Hall–Kier alpha value is -2.61. The summed E-state index contributed by atoms with van der Waals surface area (Å²) < 4.78 is 0. The predicted molar refractivity (Wildman–Crippen MR) is 149 cm³/mol. The quantitative estimate of drug-likeness (QED) is 0.245. The standard InChI is InChI=1S/C23H41N5O7.C4H8O/c29-20(24-14-19-4-2-1-3-5-19)15-25-6-8-26(16-21(30)31)10-12-28(18-23(34)35)13-11-27(9-7-25)17-22(32)33;1-4(2)3-5/h19H,1-18H2,(H,24,29)(H,30,31)(H,32,33)(H,34,35);3-4H,1-2H3. The highest BCUT2D eigenvalue weighted by Crippen LogP contribution is 2.22. The van der Waals surface area contributed by atoms with Crippen LogP contribution in [0.4, 0.5) is 0 Å². The average Bonchev–Trinajstić information content (AvgIpc) is 2.89. The molecule has 1 saturated carbocycles. The van der Waals surface area contributed by atoms with E-state index in [1.165, 1.54) is 19.3 Å². The first kappa shape index (κ1) is 35.4. The molecule has 0 radical (unpaired) electrons. The van der Waals surface area contributed by atoms with Crippen LogP contribution in [0.5, 0.6) is 0 Å². The summed E-state index contributed by atoms with van der Waals surface area (Å²) in [7, 11) is 0. The fourth-order valence-corrected chi connectivity index (χ4v) is 4.69. The Labute approximate surface area is 237 Å². The number of carboxylic acids is 3. The number of amides is 1. The molecule has 0 aromatic heterocycles. The highest BCUT2D eigenvalue weighted by molar-refractivity contribution is 5.78. The molecule has 0 aromatic rings. The third kappa shape index (κ3) is 17.9. The second-order valence-corrected chi connectivity index (χ2v) is 11.0. The lowest BCUT2D eigenvalue weighted by molar-refractivity contribution is -0.140. The average molecular weight is 572 g/mol. The van der Waals surface area contributed by atoms with Crippen LogP contribution in [0.1, 0.15) is 46.0 Å². The second-order valence-electron chi connectivity index (χ2n) is 11.0. The molecule has 13 nitrogen and oxygen atoms in total. The first-order valence-electron chi connectivity index (χ1n) is 14.2. The van der Waals surface area contributed by atoms with E-state index in [9.17, 15) is 39.3 Å². The minimum atomic E-state index is -0.989. The molecule has 2 rings (SSSR count). The fourth-order valence-electron chi connectivity index (χ4n) is 4.69. The van der Waals surface area contributed by atoms with Gasteiger partial charge in [-0.3, -0.25) is 38.8 Å². The van der Waals surface area contributed by atoms with Crippen molar-refractivity contribution in [2.75, 3.05) is 85.1 Å². The van der Waals surface area contributed by atoms with Gasteiger partial charge in [0.1, 0.15) is 6.29 Å². The molecule has 1 aliphatic carbocycles. The van der Waals surface area contributed by atoms with E-state index in [4.69, 9.17) is 0 Å². The highest BCUT2D eigenvalue weighted by atomic mass is 16.4. The smallest absolute Gasteiger partial charge is 0.317 e.